The molecule has 8 nitrogen and oxygen atoms in total. The van der Waals surface area contributed by atoms with Crippen molar-refractivity contribution in [1.29, 1.82) is 0 Å². The lowest BCUT2D eigenvalue weighted by molar-refractivity contribution is -0.130. The van der Waals surface area contributed by atoms with Gasteiger partial charge in [-0.1, -0.05) is 19.1 Å². The maximum Gasteiger partial charge on any atom is 0.228 e. The molecule has 2 N–H and O–H groups in total. The molecule has 3 rings (SSSR count). The van der Waals surface area contributed by atoms with E-state index >= 15 is 0 Å². The van der Waals surface area contributed by atoms with E-state index in [9.17, 15) is 9.59 Å². The topological polar surface area (TPSA) is 90.5 Å². The van der Waals surface area contributed by atoms with Crippen LogP contribution in [-0.2, 0) is 16.0 Å². The van der Waals surface area contributed by atoms with Crippen molar-refractivity contribution in [2.75, 3.05) is 50.0 Å². The number of benzene rings is 1. The second-order valence-electron chi connectivity index (χ2n) is 7.24. The van der Waals surface area contributed by atoms with Gasteiger partial charge in [-0.05, 0) is 30.8 Å². The molecule has 0 aliphatic carbocycles. The van der Waals surface area contributed by atoms with Crippen LogP contribution in [-0.4, -0.2) is 66.5 Å². The van der Waals surface area contributed by atoms with E-state index in [0.29, 0.717) is 32.0 Å². The molecule has 1 aromatic carbocycles. The van der Waals surface area contributed by atoms with Gasteiger partial charge in [0.15, 0.2) is 0 Å². The van der Waals surface area contributed by atoms with Crippen LogP contribution < -0.4 is 15.5 Å². The van der Waals surface area contributed by atoms with Crippen LogP contribution in [0, 0.1) is 5.92 Å². The van der Waals surface area contributed by atoms with E-state index in [4.69, 9.17) is 0 Å². The summed E-state index contributed by atoms with van der Waals surface area (Å²) in [6, 6.07) is 9.27. The molecule has 0 bridgehead atoms. The number of hydrogen-bond acceptors (Lipinski definition) is 6. The van der Waals surface area contributed by atoms with Crippen molar-refractivity contribution in [2.45, 2.75) is 13.3 Å². The van der Waals surface area contributed by atoms with Crippen molar-refractivity contribution >= 4 is 35.9 Å². The fourth-order valence-electron chi connectivity index (χ4n) is 3.27. The van der Waals surface area contributed by atoms with Gasteiger partial charge in [0.25, 0.3) is 0 Å². The molecule has 2 heterocycles. The Morgan fingerprint density at radius 1 is 1.07 bits per heavy atom. The third-order valence-corrected chi connectivity index (χ3v) is 5.00. The Kier molecular flexibility index (Phi) is 9.01. The van der Waals surface area contributed by atoms with Crippen molar-refractivity contribution in [1.82, 2.24) is 20.2 Å². The quantitative estimate of drug-likeness (QED) is 0.690. The lowest BCUT2D eigenvalue weighted by atomic mass is 10.1. The number of amides is 2. The van der Waals surface area contributed by atoms with E-state index in [0.717, 1.165) is 24.3 Å². The number of rotatable bonds is 7. The minimum atomic E-state index is -0.110. The molecule has 2 amide bonds. The zero-order valence-corrected chi connectivity index (χ0v) is 18.2. The van der Waals surface area contributed by atoms with E-state index in [1.807, 2.05) is 43.1 Å². The Morgan fingerprint density at radius 2 is 1.70 bits per heavy atom. The van der Waals surface area contributed by atoms with E-state index < -0.39 is 0 Å². The molecule has 1 aliphatic rings. The van der Waals surface area contributed by atoms with Crippen LogP contribution in [0.15, 0.2) is 42.7 Å². The molecule has 0 saturated carbocycles. The first-order valence-electron chi connectivity index (χ1n) is 9.91. The first kappa shape index (κ1) is 23.6. The standard InChI is InChI=1S/C21H28N6O2.ClH/c1-16(15-22-2)20(29)25-18-6-4-17(5-7-18)14-19(28)26-10-12-27(13-11-26)21-23-8-3-9-24-21;/h3-9,16,22H,10-15H2,1-2H3,(H,25,29);1H. The van der Waals surface area contributed by atoms with Crippen LogP contribution in [0.2, 0.25) is 0 Å². The molecule has 9 heteroatoms. The highest BCUT2D eigenvalue weighted by molar-refractivity contribution is 5.92. The maximum atomic E-state index is 12.6. The van der Waals surface area contributed by atoms with Crippen LogP contribution in [0.4, 0.5) is 11.6 Å². The monoisotopic (exact) mass is 432 g/mol. The molecule has 0 spiro atoms. The molecular weight excluding hydrogens is 404 g/mol. The number of piperazine rings is 1. The summed E-state index contributed by atoms with van der Waals surface area (Å²) in [6.45, 7) is 5.28. The summed E-state index contributed by atoms with van der Waals surface area (Å²) in [5.41, 5.74) is 1.68. The average molecular weight is 433 g/mol. The molecule has 1 fully saturated rings. The third-order valence-electron chi connectivity index (χ3n) is 5.00. The summed E-state index contributed by atoms with van der Waals surface area (Å²) in [4.78, 5) is 37.2. The second kappa shape index (κ2) is 11.5. The number of nitrogens with zero attached hydrogens (tertiary/aromatic N) is 4. The Labute approximate surface area is 183 Å². The highest BCUT2D eigenvalue weighted by Crippen LogP contribution is 2.14. The Bertz CT molecular complexity index is 810. The summed E-state index contributed by atoms with van der Waals surface area (Å²) in [7, 11) is 1.82. The van der Waals surface area contributed by atoms with E-state index in [-0.39, 0.29) is 30.1 Å². The van der Waals surface area contributed by atoms with E-state index in [2.05, 4.69) is 25.5 Å². The highest BCUT2D eigenvalue weighted by atomic mass is 35.5. The zero-order valence-electron chi connectivity index (χ0n) is 17.4. The predicted octanol–water partition coefficient (Wildman–Crippen LogP) is 1.58. The average Bonchev–Trinajstić information content (AvgIpc) is 2.76. The Hall–Kier alpha value is -2.71. The molecule has 1 saturated heterocycles. The molecule has 30 heavy (non-hydrogen) atoms. The zero-order chi connectivity index (χ0) is 20.6. The van der Waals surface area contributed by atoms with Crippen molar-refractivity contribution < 1.29 is 9.59 Å². The Morgan fingerprint density at radius 3 is 2.30 bits per heavy atom. The highest BCUT2D eigenvalue weighted by Gasteiger charge is 2.22. The first-order chi connectivity index (χ1) is 14.1. The summed E-state index contributed by atoms with van der Waals surface area (Å²) in [5, 5.41) is 5.89. The largest absolute Gasteiger partial charge is 0.339 e. The van der Waals surface area contributed by atoms with Gasteiger partial charge >= 0.3 is 0 Å². The summed E-state index contributed by atoms with van der Waals surface area (Å²) in [6.07, 6.45) is 3.81. The van der Waals surface area contributed by atoms with Crippen LogP contribution in [0.5, 0.6) is 0 Å². The third kappa shape index (κ3) is 6.40. The smallest absolute Gasteiger partial charge is 0.228 e. The molecule has 1 aliphatic heterocycles. The van der Waals surface area contributed by atoms with E-state index in [1.165, 1.54) is 0 Å². The number of carbonyl (C=O) groups excluding carboxylic acids is 2. The number of halogens is 1. The molecule has 1 aromatic heterocycles. The molecule has 2 aromatic rings. The molecule has 1 atom stereocenters. The fraction of sp³-hybridized carbons (Fsp3) is 0.429. The molecule has 1 unspecified atom stereocenters. The maximum absolute atomic E-state index is 12.6. The van der Waals surface area contributed by atoms with Gasteiger partial charge in [-0.25, -0.2) is 9.97 Å². The SMILES string of the molecule is CNCC(C)C(=O)Nc1ccc(CC(=O)N2CCN(c3ncccn3)CC2)cc1.Cl. The predicted molar refractivity (Wildman–Crippen MR) is 120 cm³/mol. The van der Waals surface area contributed by atoms with Crippen LogP contribution in [0.1, 0.15) is 12.5 Å². The summed E-state index contributed by atoms with van der Waals surface area (Å²) >= 11 is 0. The van der Waals surface area contributed by atoms with Crippen LogP contribution in [0.3, 0.4) is 0 Å². The van der Waals surface area contributed by atoms with E-state index in [1.54, 1.807) is 18.5 Å². The molecule has 162 valence electrons. The normalized spacial score (nSPS) is 14.6. The van der Waals surface area contributed by atoms with Crippen LogP contribution >= 0.6 is 12.4 Å². The van der Waals surface area contributed by atoms with Crippen molar-refractivity contribution in [2.24, 2.45) is 5.92 Å². The fourth-order valence-corrected chi connectivity index (χ4v) is 3.27. The van der Waals surface area contributed by atoms with Crippen LogP contribution in [0.25, 0.3) is 0 Å². The molecule has 0 radical (unpaired) electrons. The van der Waals surface area contributed by atoms with Gasteiger partial charge in [-0.3, -0.25) is 9.59 Å². The van der Waals surface area contributed by atoms with Gasteiger partial charge in [0, 0.05) is 56.7 Å². The first-order valence-corrected chi connectivity index (χ1v) is 9.91. The minimum Gasteiger partial charge on any atom is -0.339 e. The summed E-state index contributed by atoms with van der Waals surface area (Å²) in [5.74, 6) is 0.684. The summed E-state index contributed by atoms with van der Waals surface area (Å²) < 4.78 is 0. The van der Waals surface area contributed by atoms with Crippen molar-refractivity contribution in [3.63, 3.8) is 0 Å². The number of anilines is 2. The molecular formula is C21H29ClN6O2. The minimum absolute atomic E-state index is 0. The van der Waals surface area contributed by atoms with Gasteiger partial charge in [0.1, 0.15) is 0 Å². The van der Waals surface area contributed by atoms with Gasteiger partial charge in [0.2, 0.25) is 17.8 Å². The van der Waals surface area contributed by atoms with Gasteiger partial charge in [-0.15, -0.1) is 12.4 Å². The second-order valence-corrected chi connectivity index (χ2v) is 7.24. The van der Waals surface area contributed by atoms with Gasteiger partial charge in [-0.2, -0.15) is 0 Å². The number of carbonyl (C=O) groups is 2. The van der Waals surface area contributed by atoms with Crippen molar-refractivity contribution in [3.05, 3.63) is 48.3 Å². The number of aromatic nitrogens is 2. The van der Waals surface area contributed by atoms with Gasteiger partial charge in [0.05, 0.1) is 6.42 Å². The van der Waals surface area contributed by atoms with Gasteiger partial charge < -0.3 is 20.4 Å². The van der Waals surface area contributed by atoms with Crippen molar-refractivity contribution in [3.8, 4) is 0 Å². The Balaban J connectivity index is 0.00000320. The number of nitrogens with one attached hydrogen (secondary N) is 2. The number of hydrogen-bond donors (Lipinski definition) is 2. The lowest BCUT2D eigenvalue weighted by Crippen LogP contribution is -2.49. The lowest BCUT2D eigenvalue weighted by Gasteiger charge is -2.34.